The van der Waals surface area contributed by atoms with Crippen LogP contribution in [0.15, 0.2) is 71.9 Å². The van der Waals surface area contributed by atoms with Crippen molar-refractivity contribution >= 4 is 35.0 Å². The first-order valence-electron chi connectivity index (χ1n) is 10.4. The topological polar surface area (TPSA) is 78.3 Å². The number of nitrogens with zero attached hydrogens (tertiary/aromatic N) is 3. The molecule has 0 aliphatic heterocycles. The molecule has 34 heavy (non-hydrogen) atoms. The number of amides is 1. The summed E-state index contributed by atoms with van der Waals surface area (Å²) in [6, 6.07) is 20.6. The molecule has 3 aromatic carbocycles. The Bertz CT molecular complexity index is 1310. The van der Waals surface area contributed by atoms with Crippen molar-refractivity contribution in [1.82, 2.24) is 14.8 Å². The Morgan fingerprint density at radius 1 is 1.00 bits per heavy atom. The van der Waals surface area contributed by atoms with E-state index in [4.69, 9.17) is 21.1 Å². The van der Waals surface area contributed by atoms with Crippen molar-refractivity contribution in [3.05, 3.63) is 77.3 Å². The van der Waals surface area contributed by atoms with Gasteiger partial charge in [-0.05, 0) is 61.0 Å². The Morgan fingerprint density at radius 3 is 2.47 bits per heavy atom. The van der Waals surface area contributed by atoms with Crippen LogP contribution in [0.2, 0.25) is 5.02 Å². The van der Waals surface area contributed by atoms with E-state index in [0.29, 0.717) is 33.2 Å². The highest BCUT2D eigenvalue weighted by atomic mass is 35.5. The molecule has 1 amide bonds. The molecule has 0 aliphatic rings. The number of aryl methyl sites for hydroxylation is 1. The Balaban J connectivity index is 1.63. The second kappa shape index (κ2) is 10.6. The van der Waals surface area contributed by atoms with Gasteiger partial charge in [0.1, 0.15) is 11.5 Å². The lowest BCUT2D eigenvalue weighted by molar-refractivity contribution is -0.113. The van der Waals surface area contributed by atoms with E-state index < -0.39 is 0 Å². The SMILES string of the molecule is COc1ccc(C)cc1NC(=O)CSc1nnc(-c2ccccc2OC)n1-c1ccc(Cl)cc1. The maximum absolute atomic E-state index is 12.8. The van der Waals surface area contributed by atoms with Crippen LogP contribution in [0.5, 0.6) is 11.5 Å². The van der Waals surface area contributed by atoms with Gasteiger partial charge in [0.05, 0.1) is 31.2 Å². The van der Waals surface area contributed by atoms with Crippen molar-refractivity contribution in [3.8, 4) is 28.6 Å². The lowest BCUT2D eigenvalue weighted by Crippen LogP contribution is -2.15. The maximum Gasteiger partial charge on any atom is 0.234 e. The molecule has 4 aromatic rings. The number of rotatable bonds is 8. The molecule has 1 N–H and O–H groups in total. The van der Waals surface area contributed by atoms with E-state index >= 15 is 0 Å². The fourth-order valence-electron chi connectivity index (χ4n) is 3.43. The average Bonchev–Trinajstić information content (AvgIpc) is 3.27. The van der Waals surface area contributed by atoms with Crippen LogP contribution in [0.4, 0.5) is 5.69 Å². The lowest BCUT2D eigenvalue weighted by Gasteiger charge is -2.13. The zero-order valence-corrected chi connectivity index (χ0v) is 20.5. The molecule has 0 radical (unpaired) electrons. The third-order valence-electron chi connectivity index (χ3n) is 5.03. The van der Waals surface area contributed by atoms with Gasteiger partial charge in [0, 0.05) is 10.7 Å². The van der Waals surface area contributed by atoms with Gasteiger partial charge in [-0.25, -0.2) is 0 Å². The first kappa shape index (κ1) is 23.7. The molecule has 0 unspecified atom stereocenters. The highest BCUT2D eigenvalue weighted by Gasteiger charge is 2.20. The van der Waals surface area contributed by atoms with E-state index in [1.165, 1.54) is 11.8 Å². The van der Waals surface area contributed by atoms with E-state index in [0.717, 1.165) is 16.8 Å². The molecule has 7 nitrogen and oxygen atoms in total. The number of anilines is 1. The molecule has 0 saturated carbocycles. The number of nitrogens with one attached hydrogen (secondary N) is 1. The van der Waals surface area contributed by atoms with Gasteiger partial charge >= 0.3 is 0 Å². The molecule has 4 rings (SSSR count). The monoisotopic (exact) mass is 494 g/mol. The lowest BCUT2D eigenvalue weighted by atomic mass is 10.2. The summed E-state index contributed by atoms with van der Waals surface area (Å²) in [5, 5.41) is 12.9. The highest BCUT2D eigenvalue weighted by molar-refractivity contribution is 7.99. The number of halogens is 1. The number of hydrogen-bond donors (Lipinski definition) is 1. The first-order valence-corrected chi connectivity index (χ1v) is 11.8. The molecule has 0 saturated heterocycles. The number of benzene rings is 3. The van der Waals surface area contributed by atoms with E-state index in [1.807, 2.05) is 66.1 Å². The number of carbonyl (C=O) groups excluding carboxylic acids is 1. The molecule has 0 fully saturated rings. The number of thioether (sulfide) groups is 1. The van der Waals surface area contributed by atoms with E-state index in [2.05, 4.69) is 15.5 Å². The van der Waals surface area contributed by atoms with Gasteiger partial charge < -0.3 is 14.8 Å². The third kappa shape index (κ3) is 5.18. The van der Waals surface area contributed by atoms with Crippen molar-refractivity contribution < 1.29 is 14.3 Å². The smallest absolute Gasteiger partial charge is 0.234 e. The summed E-state index contributed by atoms with van der Waals surface area (Å²) in [4.78, 5) is 12.8. The summed E-state index contributed by atoms with van der Waals surface area (Å²) >= 11 is 7.39. The largest absolute Gasteiger partial charge is 0.496 e. The molecular weight excluding hydrogens is 472 g/mol. The third-order valence-corrected chi connectivity index (χ3v) is 6.21. The van der Waals surface area contributed by atoms with Crippen LogP contribution in [-0.4, -0.2) is 40.6 Å². The van der Waals surface area contributed by atoms with Gasteiger partial charge in [0.25, 0.3) is 0 Å². The molecule has 0 spiro atoms. The van der Waals surface area contributed by atoms with E-state index in [-0.39, 0.29) is 11.7 Å². The standard InChI is InChI=1S/C25H23ClN4O3S/c1-16-8-13-22(33-3)20(14-16)27-23(31)15-34-25-29-28-24(19-6-4-5-7-21(19)32-2)30(25)18-11-9-17(26)10-12-18/h4-14H,15H2,1-3H3,(H,27,31). The van der Waals surface area contributed by atoms with E-state index in [9.17, 15) is 4.79 Å². The maximum atomic E-state index is 12.8. The molecule has 0 bridgehead atoms. The summed E-state index contributed by atoms with van der Waals surface area (Å²) < 4.78 is 12.8. The molecule has 9 heteroatoms. The Kier molecular flexibility index (Phi) is 7.40. The van der Waals surface area contributed by atoms with Crippen LogP contribution < -0.4 is 14.8 Å². The summed E-state index contributed by atoms with van der Waals surface area (Å²) in [5.74, 6) is 1.83. The fraction of sp³-hybridized carbons (Fsp3) is 0.160. The Labute approximate surface area is 207 Å². The van der Waals surface area contributed by atoms with Crippen LogP contribution in [0, 0.1) is 6.92 Å². The van der Waals surface area contributed by atoms with Crippen molar-refractivity contribution in [2.24, 2.45) is 0 Å². The second-order valence-electron chi connectivity index (χ2n) is 7.36. The normalized spacial score (nSPS) is 10.7. The first-order chi connectivity index (χ1) is 16.5. The van der Waals surface area contributed by atoms with Gasteiger partial charge in [-0.3, -0.25) is 9.36 Å². The number of carbonyl (C=O) groups is 1. The zero-order chi connectivity index (χ0) is 24.1. The number of methoxy groups -OCH3 is 2. The molecule has 0 aliphatic carbocycles. The summed E-state index contributed by atoms with van der Waals surface area (Å²) in [7, 11) is 3.18. The Morgan fingerprint density at radius 2 is 1.74 bits per heavy atom. The van der Waals surface area contributed by atoms with Crippen molar-refractivity contribution in [2.75, 3.05) is 25.3 Å². The van der Waals surface area contributed by atoms with Gasteiger partial charge in [-0.1, -0.05) is 41.6 Å². The van der Waals surface area contributed by atoms with Crippen LogP contribution in [-0.2, 0) is 4.79 Å². The average molecular weight is 495 g/mol. The summed E-state index contributed by atoms with van der Waals surface area (Å²) in [6.45, 7) is 1.96. The van der Waals surface area contributed by atoms with Crippen LogP contribution in [0.1, 0.15) is 5.56 Å². The van der Waals surface area contributed by atoms with Crippen molar-refractivity contribution in [3.63, 3.8) is 0 Å². The van der Waals surface area contributed by atoms with Crippen molar-refractivity contribution in [2.45, 2.75) is 12.1 Å². The van der Waals surface area contributed by atoms with Gasteiger partial charge in [-0.15, -0.1) is 10.2 Å². The van der Waals surface area contributed by atoms with Crippen molar-refractivity contribution in [1.29, 1.82) is 0 Å². The molecule has 174 valence electrons. The second-order valence-corrected chi connectivity index (χ2v) is 8.74. The quantitative estimate of drug-likeness (QED) is 0.319. The fourth-order valence-corrected chi connectivity index (χ4v) is 4.30. The highest BCUT2D eigenvalue weighted by Crippen LogP contribution is 2.33. The summed E-state index contributed by atoms with van der Waals surface area (Å²) in [5.41, 5.74) is 3.25. The van der Waals surface area contributed by atoms with Gasteiger partial charge in [0.2, 0.25) is 5.91 Å². The van der Waals surface area contributed by atoms with Crippen LogP contribution in [0.25, 0.3) is 17.1 Å². The molecule has 1 aromatic heterocycles. The minimum atomic E-state index is -0.182. The molecular formula is C25H23ClN4O3S. The molecule has 0 atom stereocenters. The van der Waals surface area contributed by atoms with Gasteiger partial charge in [-0.2, -0.15) is 0 Å². The van der Waals surface area contributed by atoms with Gasteiger partial charge in [0.15, 0.2) is 11.0 Å². The van der Waals surface area contributed by atoms with E-state index in [1.54, 1.807) is 26.4 Å². The van der Waals surface area contributed by atoms with Crippen LogP contribution >= 0.6 is 23.4 Å². The Hall–Kier alpha value is -3.49. The zero-order valence-electron chi connectivity index (χ0n) is 18.9. The number of hydrogen-bond acceptors (Lipinski definition) is 6. The number of para-hydroxylation sites is 1. The minimum Gasteiger partial charge on any atom is -0.496 e. The molecule has 1 heterocycles. The van der Waals surface area contributed by atoms with Crippen LogP contribution in [0.3, 0.4) is 0 Å². The number of ether oxygens (including phenoxy) is 2. The predicted octanol–water partition coefficient (Wildman–Crippen LogP) is 5.64. The summed E-state index contributed by atoms with van der Waals surface area (Å²) in [6.07, 6.45) is 0. The predicted molar refractivity (Wildman–Crippen MR) is 135 cm³/mol. The number of aromatic nitrogens is 3. The minimum absolute atomic E-state index is 0.134.